The molecule has 0 radical (unpaired) electrons. The average molecular weight is 239 g/mol. The van der Waals surface area contributed by atoms with Crippen molar-refractivity contribution in [3.8, 4) is 0 Å². The minimum Gasteiger partial charge on any atom is -0.298 e. The van der Waals surface area contributed by atoms with Crippen molar-refractivity contribution >= 4 is 12.0 Å². The maximum absolute atomic E-state index is 10.8. The van der Waals surface area contributed by atoms with Crippen LogP contribution in [0.25, 0.3) is 0 Å². The fourth-order valence-corrected chi connectivity index (χ4v) is 1.18. The zero-order valence-electron chi connectivity index (χ0n) is 9.42. The van der Waals surface area contributed by atoms with Gasteiger partial charge in [0.2, 0.25) is 0 Å². The van der Waals surface area contributed by atoms with Crippen molar-refractivity contribution < 1.29 is 19.5 Å². The first-order chi connectivity index (χ1) is 8.19. The van der Waals surface area contributed by atoms with Gasteiger partial charge < -0.3 is 0 Å². The van der Waals surface area contributed by atoms with E-state index in [4.69, 9.17) is 9.78 Å². The Hall–Kier alpha value is -1.79. The molecular weight excluding hydrogens is 226 g/mol. The number of hydrogen-bond donors (Lipinski definition) is 0. The van der Waals surface area contributed by atoms with Crippen LogP contribution in [0.5, 0.6) is 0 Å². The van der Waals surface area contributed by atoms with Gasteiger partial charge in [0.15, 0.2) is 6.29 Å². The van der Waals surface area contributed by atoms with E-state index in [9.17, 15) is 14.9 Å². The average Bonchev–Trinajstić information content (AvgIpc) is 2.34. The van der Waals surface area contributed by atoms with Crippen LogP contribution in [0.1, 0.15) is 29.3 Å². The molecule has 0 heterocycles. The van der Waals surface area contributed by atoms with Gasteiger partial charge in [-0.15, -0.1) is 0 Å². The SMILES string of the molecule is CCCOOCc1ccc([N+](=O)[O-])cc1C=O. The summed E-state index contributed by atoms with van der Waals surface area (Å²) in [6, 6.07) is 4.02. The number of nitro benzene ring substituents is 1. The molecule has 0 bridgehead atoms. The molecule has 0 saturated carbocycles. The molecule has 0 N–H and O–H groups in total. The molecule has 0 amide bonds. The standard InChI is InChI=1S/C11H13NO5/c1-2-5-16-17-8-9-3-4-11(12(14)15)6-10(9)7-13/h3-4,6-7H,2,5,8H2,1H3. The number of carbonyl (C=O) groups is 1. The molecule has 0 spiro atoms. The molecule has 6 heteroatoms. The minimum atomic E-state index is -0.550. The summed E-state index contributed by atoms with van der Waals surface area (Å²) < 4.78 is 0. The van der Waals surface area contributed by atoms with Gasteiger partial charge in [0.05, 0.1) is 11.5 Å². The third kappa shape index (κ3) is 3.93. The molecule has 6 nitrogen and oxygen atoms in total. The van der Waals surface area contributed by atoms with Crippen LogP contribution in [0.3, 0.4) is 0 Å². The van der Waals surface area contributed by atoms with Gasteiger partial charge >= 0.3 is 0 Å². The minimum absolute atomic E-state index is 0.0894. The molecule has 1 aromatic carbocycles. The summed E-state index contributed by atoms with van der Waals surface area (Å²) in [5.74, 6) is 0. The Kier molecular flexibility index (Phi) is 5.25. The summed E-state index contributed by atoms with van der Waals surface area (Å²) in [7, 11) is 0. The summed E-state index contributed by atoms with van der Waals surface area (Å²) >= 11 is 0. The van der Waals surface area contributed by atoms with Gasteiger partial charge in [-0.25, -0.2) is 9.78 Å². The highest BCUT2D eigenvalue weighted by Crippen LogP contribution is 2.17. The van der Waals surface area contributed by atoms with Gasteiger partial charge in [0.1, 0.15) is 6.61 Å². The molecule has 0 aliphatic heterocycles. The van der Waals surface area contributed by atoms with E-state index in [0.717, 1.165) is 6.42 Å². The topological polar surface area (TPSA) is 78.7 Å². The van der Waals surface area contributed by atoms with E-state index in [0.29, 0.717) is 18.5 Å². The number of carbonyl (C=O) groups excluding carboxylic acids is 1. The van der Waals surface area contributed by atoms with Gasteiger partial charge in [-0.2, -0.15) is 0 Å². The lowest BCUT2D eigenvalue weighted by Crippen LogP contribution is -2.00. The highest BCUT2D eigenvalue weighted by molar-refractivity contribution is 5.78. The van der Waals surface area contributed by atoms with E-state index in [-0.39, 0.29) is 17.9 Å². The van der Waals surface area contributed by atoms with Crippen molar-refractivity contribution in [3.05, 3.63) is 39.4 Å². The normalized spacial score (nSPS) is 10.2. The van der Waals surface area contributed by atoms with Crippen molar-refractivity contribution in [1.82, 2.24) is 0 Å². The number of rotatable bonds is 7. The molecule has 1 rings (SSSR count). The maximum Gasteiger partial charge on any atom is 0.270 e. The van der Waals surface area contributed by atoms with Crippen LogP contribution >= 0.6 is 0 Å². The third-order valence-electron chi connectivity index (χ3n) is 2.05. The monoisotopic (exact) mass is 239 g/mol. The number of benzene rings is 1. The van der Waals surface area contributed by atoms with Gasteiger partial charge in [-0.3, -0.25) is 14.9 Å². The second-order valence-electron chi connectivity index (χ2n) is 3.34. The lowest BCUT2D eigenvalue weighted by atomic mass is 10.1. The molecule has 0 atom stereocenters. The van der Waals surface area contributed by atoms with Crippen molar-refractivity contribution in [1.29, 1.82) is 0 Å². The van der Waals surface area contributed by atoms with Crippen LogP contribution in [0.2, 0.25) is 0 Å². The van der Waals surface area contributed by atoms with Crippen molar-refractivity contribution in [2.75, 3.05) is 6.61 Å². The lowest BCUT2D eigenvalue weighted by Gasteiger charge is -2.05. The van der Waals surface area contributed by atoms with Crippen molar-refractivity contribution in [2.24, 2.45) is 0 Å². The van der Waals surface area contributed by atoms with E-state index < -0.39 is 4.92 Å². The molecule has 0 aromatic heterocycles. The Balaban J connectivity index is 2.71. The van der Waals surface area contributed by atoms with Crippen LogP contribution in [0, 0.1) is 10.1 Å². The highest BCUT2D eigenvalue weighted by Gasteiger charge is 2.10. The molecule has 0 saturated heterocycles. The van der Waals surface area contributed by atoms with Crippen LogP contribution in [-0.2, 0) is 16.4 Å². The summed E-state index contributed by atoms with van der Waals surface area (Å²) in [4.78, 5) is 30.4. The molecule has 17 heavy (non-hydrogen) atoms. The Labute approximate surface area is 98.2 Å². The quantitative estimate of drug-likeness (QED) is 0.240. The third-order valence-corrected chi connectivity index (χ3v) is 2.05. The summed E-state index contributed by atoms with van der Waals surface area (Å²) in [6.07, 6.45) is 1.38. The largest absolute Gasteiger partial charge is 0.298 e. The summed E-state index contributed by atoms with van der Waals surface area (Å²) in [5, 5.41) is 10.5. The Morgan fingerprint density at radius 3 is 2.76 bits per heavy atom. The molecule has 0 fully saturated rings. The van der Waals surface area contributed by atoms with Crippen LogP contribution < -0.4 is 0 Å². The van der Waals surface area contributed by atoms with E-state index >= 15 is 0 Å². The fraction of sp³-hybridized carbons (Fsp3) is 0.364. The van der Waals surface area contributed by atoms with Gasteiger partial charge in [-0.05, 0) is 18.1 Å². The first-order valence-corrected chi connectivity index (χ1v) is 5.16. The predicted octanol–water partition coefficient (Wildman–Crippen LogP) is 2.27. The summed E-state index contributed by atoms with van der Waals surface area (Å²) in [6.45, 7) is 2.49. The van der Waals surface area contributed by atoms with Gasteiger partial charge in [0, 0.05) is 17.7 Å². The lowest BCUT2D eigenvalue weighted by molar-refractivity contribution is -0.384. The zero-order valence-corrected chi connectivity index (χ0v) is 9.42. The van der Waals surface area contributed by atoms with E-state index in [1.54, 1.807) is 0 Å². The maximum atomic E-state index is 10.8. The second kappa shape index (κ2) is 6.72. The Bertz CT molecular complexity index is 405. The number of aldehydes is 1. The molecule has 0 aliphatic rings. The van der Waals surface area contributed by atoms with Crippen LogP contribution in [0.15, 0.2) is 18.2 Å². The van der Waals surface area contributed by atoms with Crippen LogP contribution in [-0.4, -0.2) is 17.8 Å². The molecule has 0 unspecified atom stereocenters. The number of nitro groups is 1. The number of hydrogen-bond acceptors (Lipinski definition) is 5. The summed E-state index contributed by atoms with van der Waals surface area (Å²) in [5.41, 5.74) is 0.673. The smallest absolute Gasteiger partial charge is 0.270 e. The van der Waals surface area contributed by atoms with Gasteiger partial charge in [-0.1, -0.05) is 6.92 Å². The van der Waals surface area contributed by atoms with Gasteiger partial charge in [0.25, 0.3) is 5.69 Å². The number of non-ortho nitro benzene ring substituents is 1. The van der Waals surface area contributed by atoms with Crippen LogP contribution in [0.4, 0.5) is 5.69 Å². The zero-order chi connectivity index (χ0) is 12.7. The predicted molar refractivity (Wildman–Crippen MR) is 59.5 cm³/mol. The van der Waals surface area contributed by atoms with E-state index in [1.165, 1.54) is 18.2 Å². The highest BCUT2D eigenvalue weighted by atomic mass is 17.2. The fourth-order valence-electron chi connectivity index (χ4n) is 1.18. The van der Waals surface area contributed by atoms with E-state index in [1.807, 2.05) is 6.92 Å². The first kappa shape index (κ1) is 13.3. The molecule has 1 aromatic rings. The Morgan fingerprint density at radius 2 is 2.18 bits per heavy atom. The first-order valence-electron chi connectivity index (χ1n) is 5.16. The second-order valence-corrected chi connectivity index (χ2v) is 3.34. The van der Waals surface area contributed by atoms with E-state index in [2.05, 4.69) is 0 Å². The van der Waals surface area contributed by atoms with Crippen molar-refractivity contribution in [3.63, 3.8) is 0 Å². The molecule has 92 valence electrons. The molecular formula is C11H13NO5. The van der Waals surface area contributed by atoms with Crippen molar-refractivity contribution in [2.45, 2.75) is 20.0 Å². The molecule has 0 aliphatic carbocycles. The number of nitrogens with zero attached hydrogens (tertiary/aromatic N) is 1. The Morgan fingerprint density at radius 1 is 1.41 bits per heavy atom.